The maximum Gasteiger partial charge on any atom is 0.174 e. The van der Waals surface area contributed by atoms with Crippen molar-refractivity contribution in [2.75, 3.05) is 6.26 Å². The van der Waals surface area contributed by atoms with E-state index in [1.165, 1.54) is 5.56 Å². The van der Waals surface area contributed by atoms with E-state index in [0.29, 0.717) is 0 Å². The quantitative estimate of drug-likeness (QED) is 0.682. The zero-order chi connectivity index (χ0) is 13.1. The van der Waals surface area contributed by atoms with Crippen molar-refractivity contribution in [1.82, 2.24) is 15.2 Å². The molecular weight excluding hydrogens is 274 g/mol. The van der Waals surface area contributed by atoms with Crippen molar-refractivity contribution in [2.45, 2.75) is 4.34 Å². The Balaban J connectivity index is 2.00. The fourth-order valence-electron chi connectivity index (χ4n) is 1.75. The van der Waals surface area contributed by atoms with Gasteiger partial charge in [0.25, 0.3) is 0 Å². The average Bonchev–Trinajstić information content (AvgIpc) is 2.97. The van der Waals surface area contributed by atoms with E-state index in [2.05, 4.69) is 33.4 Å². The second kappa shape index (κ2) is 5.50. The molecule has 19 heavy (non-hydrogen) atoms. The number of hydrogen-bond donors (Lipinski definition) is 0. The van der Waals surface area contributed by atoms with Crippen molar-refractivity contribution in [3.05, 3.63) is 48.7 Å². The predicted molar refractivity (Wildman–Crippen MR) is 80.4 cm³/mol. The molecule has 1 aromatic carbocycles. The van der Waals surface area contributed by atoms with Gasteiger partial charge in [-0.3, -0.25) is 4.98 Å². The highest BCUT2D eigenvalue weighted by Gasteiger charge is 2.08. The van der Waals surface area contributed by atoms with Crippen LogP contribution in [0, 0.1) is 0 Å². The molecule has 0 saturated carbocycles. The molecule has 94 valence electrons. The van der Waals surface area contributed by atoms with Crippen LogP contribution in [0.1, 0.15) is 0 Å². The molecule has 0 radical (unpaired) electrons. The van der Waals surface area contributed by atoms with Gasteiger partial charge < -0.3 is 0 Å². The molecule has 0 spiro atoms. The first-order valence-electron chi connectivity index (χ1n) is 5.76. The molecule has 0 aliphatic rings. The Labute approximate surface area is 119 Å². The van der Waals surface area contributed by atoms with Crippen LogP contribution in [-0.4, -0.2) is 21.4 Å². The maximum absolute atomic E-state index is 4.38. The van der Waals surface area contributed by atoms with Gasteiger partial charge in [-0.1, -0.05) is 53.4 Å². The Bertz CT molecular complexity index is 680. The van der Waals surface area contributed by atoms with Crippen molar-refractivity contribution >= 4 is 23.1 Å². The summed E-state index contributed by atoms with van der Waals surface area (Å²) < 4.78 is 0.960. The molecule has 5 heteroatoms. The molecule has 0 saturated heterocycles. The van der Waals surface area contributed by atoms with Gasteiger partial charge in [0.2, 0.25) is 0 Å². The molecule has 0 fully saturated rings. The topological polar surface area (TPSA) is 38.7 Å². The largest absolute Gasteiger partial charge is 0.254 e. The molecule has 0 aliphatic carbocycles. The van der Waals surface area contributed by atoms with Crippen LogP contribution in [-0.2, 0) is 0 Å². The van der Waals surface area contributed by atoms with Crippen LogP contribution in [0.25, 0.3) is 21.8 Å². The Morgan fingerprint density at radius 1 is 1.00 bits per heavy atom. The molecule has 3 rings (SSSR count). The Morgan fingerprint density at radius 3 is 2.58 bits per heavy atom. The Morgan fingerprint density at radius 2 is 1.84 bits per heavy atom. The van der Waals surface area contributed by atoms with E-state index in [9.17, 15) is 0 Å². The second-order valence-corrected chi connectivity index (χ2v) is 5.90. The lowest BCUT2D eigenvalue weighted by Crippen LogP contribution is -1.84. The van der Waals surface area contributed by atoms with Gasteiger partial charge in [0.15, 0.2) is 9.35 Å². The van der Waals surface area contributed by atoms with Crippen molar-refractivity contribution in [2.24, 2.45) is 0 Å². The summed E-state index contributed by atoms with van der Waals surface area (Å²) in [7, 11) is 0. The smallest absolute Gasteiger partial charge is 0.174 e. The fourth-order valence-corrected chi connectivity index (χ4v) is 2.99. The van der Waals surface area contributed by atoms with Gasteiger partial charge >= 0.3 is 0 Å². The average molecular weight is 285 g/mol. The molecule has 0 bridgehead atoms. The Kier molecular flexibility index (Phi) is 3.57. The highest BCUT2D eigenvalue weighted by molar-refractivity contribution is 8.00. The molecule has 0 amide bonds. The zero-order valence-corrected chi connectivity index (χ0v) is 11.9. The highest BCUT2D eigenvalue weighted by atomic mass is 32.2. The molecule has 0 N–H and O–H groups in total. The lowest BCUT2D eigenvalue weighted by molar-refractivity contribution is 1.01. The minimum Gasteiger partial charge on any atom is -0.254 e. The van der Waals surface area contributed by atoms with Crippen molar-refractivity contribution in [3.63, 3.8) is 0 Å². The number of aromatic nitrogens is 3. The van der Waals surface area contributed by atoms with Gasteiger partial charge in [-0.2, -0.15) is 0 Å². The fraction of sp³-hybridized carbons (Fsp3) is 0.0714. The number of rotatable bonds is 3. The third kappa shape index (κ3) is 2.67. The van der Waals surface area contributed by atoms with Crippen LogP contribution in [0.15, 0.2) is 53.0 Å². The van der Waals surface area contributed by atoms with Gasteiger partial charge in [-0.15, -0.1) is 10.2 Å². The summed E-state index contributed by atoms with van der Waals surface area (Å²) in [5, 5.41) is 9.15. The van der Waals surface area contributed by atoms with Crippen LogP contribution in [0.3, 0.4) is 0 Å². The summed E-state index contributed by atoms with van der Waals surface area (Å²) in [6, 6.07) is 14.3. The van der Waals surface area contributed by atoms with Gasteiger partial charge in [0.05, 0.1) is 0 Å². The van der Waals surface area contributed by atoms with E-state index in [1.807, 2.05) is 36.7 Å². The van der Waals surface area contributed by atoms with Crippen LogP contribution in [0.4, 0.5) is 0 Å². The number of pyridine rings is 1. The minimum absolute atomic E-state index is 0.863. The van der Waals surface area contributed by atoms with Gasteiger partial charge in [-0.05, 0) is 29.5 Å². The molecule has 2 aromatic heterocycles. The maximum atomic E-state index is 4.38. The second-order valence-electron chi connectivity index (χ2n) is 3.87. The summed E-state index contributed by atoms with van der Waals surface area (Å²) in [4.78, 5) is 4.38. The predicted octanol–water partition coefficient (Wildman–Crippen LogP) is 3.99. The third-order valence-electron chi connectivity index (χ3n) is 2.67. The van der Waals surface area contributed by atoms with Crippen molar-refractivity contribution in [3.8, 4) is 21.8 Å². The highest BCUT2D eigenvalue weighted by Crippen LogP contribution is 2.29. The third-order valence-corrected chi connectivity index (χ3v) is 4.59. The molecule has 0 unspecified atom stereocenters. The summed E-state index contributed by atoms with van der Waals surface area (Å²) >= 11 is 3.17. The van der Waals surface area contributed by atoms with E-state index in [1.54, 1.807) is 23.1 Å². The van der Waals surface area contributed by atoms with Gasteiger partial charge in [0.1, 0.15) is 5.69 Å². The normalized spacial score (nSPS) is 10.6. The van der Waals surface area contributed by atoms with E-state index < -0.39 is 0 Å². The molecule has 2 heterocycles. The van der Waals surface area contributed by atoms with Crippen molar-refractivity contribution < 1.29 is 0 Å². The lowest BCUT2D eigenvalue weighted by atomic mass is 10.1. The summed E-state index contributed by atoms with van der Waals surface area (Å²) in [6.45, 7) is 0. The number of nitrogens with zero attached hydrogens (tertiary/aromatic N) is 3. The molecule has 3 nitrogen and oxygen atoms in total. The summed E-state index contributed by atoms with van der Waals surface area (Å²) in [5.41, 5.74) is 3.20. The van der Waals surface area contributed by atoms with Crippen molar-refractivity contribution in [1.29, 1.82) is 0 Å². The number of benzene rings is 1. The first-order valence-corrected chi connectivity index (χ1v) is 7.80. The Hall–Kier alpha value is -1.72. The van der Waals surface area contributed by atoms with Gasteiger partial charge in [-0.25, -0.2) is 0 Å². The summed E-state index contributed by atoms with van der Waals surface area (Å²) in [6.07, 6.45) is 3.82. The summed E-state index contributed by atoms with van der Waals surface area (Å²) in [5.74, 6) is 0. The van der Waals surface area contributed by atoms with Crippen LogP contribution in [0.5, 0.6) is 0 Å². The minimum atomic E-state index is 0.863. The SMILES string of the molecule is CSc1nnc(-c2cc(-c3ccccc3)ccn2)s1. The van der Waals surface area contributed by atoms with Crippen LogP contribution < -0.4 is 0 Å². The van der Waals surface area contributed by atoms with Crippen LogP contribution >= 0.6 is 23.1 Å². The molecular formula is C14H11N3S2. The van der Waals surface area contributed by atoms with Gasteiger partial charge in [0, 0.05) is 6.20 Å². The first kappa shape index (κ1) is 12.3. The standard InChI is InChI=1S/C14H11N3S2/c1-18-14-17-16-13(19-14)12-9-11(7-8-15-12)10-5-3-2-4-6-10/h2-9H,1H3. The molecule has 0 atom stereocenters. The zero-order valence-electron chi connectivity index (χ0n) is 10.3. The van der Waals surface area contributed by atoms with E-state index in [4.69, 9.17) is 0 Å². The number of hydrogen-bond acceptors (Lipinski definition) is 5. The monoisotopic (exact) mass is 285 g/mol. The van der Waals surface area contributed by atoms with E-state index in [-0.39, 0.29) is 0 Å². The lowest BCUT2D eigenvalue weighted by Gasteiger charge is -2.02. The number of thioether (sulfide) groups is 1. The molecule has 3 aromatic rings. The van der Waals surface area contributed by atoms with E-state index >= 15 is 0 Å². The van der Waals surface area contributed by atoms with Crippen LogP contribution in [0.2, 0.25) is 0 Å². The van der Waals surface area contributed by atoms with E-state index in [0.717, 1.165) is 20.6 Å². The molecule has 0 aliphatic heterocycles. The first-order chi connectivity index (χ1) is 9.36.